The summed E-state index contributed by atoms with van der Waals surface area (Å²) in [6.07, 6.45) is 10.9. The summed E-state index contributed by atoms with van der Waals surface area (Å²) < 4.78 is 16.4. The molecular weight excluding hydrogens is 440 g/mol. The lowest BCUT2D eigenvalue weighted by atomic mass is 9.41. The van der Waals surface area contributed by atoms with Crippen molar-refractivity contribution in [3.63, 3.8) is 0 Å². The van der Waals surface area contributed by atoms with E-state index in [1.165, 1.54) is 32.1 Å². The van der Waals surface area contributed by atoms with E-state index in [2.05, 4.69) is 27.7 Å². The van der Waals surface area contributed by atoms with Gasteiger partial charge in [-0.1, -0.05) is 34.1 Å². The molecule has 0 aromatic heterocycles. The number of hydrogen-bond donors (Lipinski definition) is 1. The zero-order valence-corrected chi connectivity index (χ0v) is 23.3. The number of esters is 1. The van der Waals surface area contributed by atoms with Gasteiger partial charge in [-0.15, -0.1) is 0 Å². The molecule has 1 N–H and O–H groups in total. The monoisotopic (exact) mass is 492 g/mol. The molecule has 0 spiro atoms. The van der Waals surface area contributed by atoms with E-state index in [9.17, 15) is 9.90 Å². The number of fused-ring (bicyclic) bond motifs is 5. The molecule has 0 aromatic carbocycles. The largest absolute Gasteiger partial charge is 0.466 e. The third kappa shape index (κ3) is 4.83. The molecule has 5 heteroatoms. The standard InChI is InChI=1S/C30H52O5/c1-7-21-25-17-20(35-18-33-6)13-15-30(25,5)24-14-16-29(4)22(10-11-23(29)27(24)28(21)32)19(3)9-12-26(31)34-8-2/h19-25,27-28,32H,7-18H2,1-6H3/t19-,20-,21-,22?,23?,24?,25?,27?,28-,29-,30-/m1/s1. The number of rotatable bonds is 9. The molecule has 4 saturated carbocycles. The second-order valence-corrected chi connectivity index (χ2v) is 13.0. The van der Waals surface area contributed by atoms with E-state index in [4.69, 9.17) is 14.2 Å². The Hall–Kier alpha value is -0.650. The molecule has 4 aliphatic rings. The quantitative estimate of drug-likeness (QED) is 0.306. The summed E-state index contributed by atoms with van der Waals surface area (Å²) >= 11 is 0. The van der Waals surface area contributed by atoms with Crippen molar-refractivity contribution in [1.82, 2.24) is 0 Å². The summed E-state index contributed by atoms with van der Waals surface area (Å²) in [5.74, 6) is 3.62. The van der Waals surface area contributed by atoms with Crippen LogP contribution in [0.5, 0.6) is 0 Å². The third-order valence-corrected chi connectivity index (χ3v) is 11.7. The van der Waals surface area contributed by atoms with Crippen LogP contribution < -0.4 is 0 Å². The van der Waals surface area contributed by atoms with Crippen molar-refractivity contribution in [3.8, 4) is 0 Å². The molecule has 4 fully saturated rings. The van der Waals surface area contributed by atoms with Gasteiger partial charge in [0.15, 0.2) is 0 Å². The lowest BCUT2D eigenvalue weighted by Gasteiger charge is -2.65. The van der Waals surface area contributed by atoms with E-state index in [0.717, 1.165) is 25.7 Å². The molecular formula is C30H52O5. The van der Waals surface area contributed by atoms with Crippen molar-refractivity contribution < 1.29 is 24.1 Å². The highest BCUT2D eigenvalue weighted by atomic mass is 16.7. The van der Waals surface area contributed by atoms with Crippen LogP contribution in [-0.4, -0.2) is 43.8 Å². The molecule has 0 bridgehead atoms. The van der Waals surface area contributed by atoms with Crippen LogP contribution in [0.2, 0.25) is 0 Å². The van der Waals surface area contributed by atoms with Gasteiger partial charge < -0.3 is 19.3 Å². The first-order valence-electron chi connectivity index (χ1n) is 14.6. The average molecular weight is 493 g/mol. The molecule has 0 heterocycles. The molecule has 0 aromatic rings. The lowest BCUT2D eigenvalue weighted by Crippen LogP contribution is -2.62. The van der Waals surface area contributed by atoms with Crippen LogP contribution in [0.1, 0.15) is 98.8 Å². The molecule has 0 radical (unpaired) electrons. The van der Waals surface area contributed by atoms with Crippen molar-refractivity contribution in [2.75, 3.05) is 20.5 Å². The maximum atomic E-state index is 12.0. The maximum Gasteiger partial charge on any atom is 0.305 e. The van der Waals surface area contributed by atoms with Crippen LogP contribution in [-0.2, 0) is 19.0 Å². The van der Waals surface area contributed by atoms with E-state index < -0.39 is 0 Å². The highest BCUT2D eigenvalue weighted by molar-refractivity contribution is 5.69. The second kappa shape index (κ2) is 11.0. The van der Waals surface area contributed by atoms with Crippen molar-refractivity contribution >= 4 is 5.97 Å². The Balaban J connectivity index is 1.52. The van der Waals surface area contributed by atoms with Gasteiger partial charge in [-0.25, -0.2) is 0 Å². The van der Waals surface area contributed by atoms with Crippen molar-refractivity contribution in [2.45, 2.75) is 111 Å². The lowest BCUT2D eigenvalue weighted by molar-refractivity contribution is -0.212. The van der Waals surface area contributed by atoms with Gasteiger partial charge >= 0.3 is 5.97 Å². The minimum Gasteiger partial charge on any atom is -0.466 e. The van der Waals surface area contributed by atoms with Gasteiger partial charge in [-0.2, -0.15) is 0 Å². The molecule has 0 amide bonds. The first-order chi connectivity index (χ1) is 16.7. The molecule has 35 heavy (non-hydrogen) atoms. The van der Waals surface area contributed by atoms with Crippen molar-refractivity contribution in [2.24, 2.45) is 52.3 Å². The topological polar surface area (TPSA) is 65.0 Å². The fourth-order valence-corrected chi connectivity index (χ4v) is 10.0. The number of ether oxygens (including phenoxy) is 3. The number of methoxy groups -OCH3 is 1. The molecule has 4 aliphatic carbocycles. The smallest absolute Gasteiger partial charge is 0.305 e. The minimum atomic E-state index is -0.206. The Morgan fingerprint density at radius 2 is 1.74 bits per heavy atom. The van der Waals surface area contributed by atoms with Gasteiger partial charge in [0.2, 0.25) is 0 Å². The second-order valence-electron chi connectivity index (χ2n) is 13.0. The molecule has 0 aliphatic heterocycles. The summed E-state index contributed by atoms with van der Waals surface area (Å²) in [5.41, 5.74) is 0.572. The third-order valence-electron chi connectivity index (χ3n) is 11.7. The minimum absolute atomic E-state index is 0.0553. The van der Waals surface area contributed by atoms with Gasteiger partial charge in [0, 0.05) is 13.5 Å². The first kappa shape index (κ1) is 27.4. The molecule has 202 valence electrons. The first-order valence-corrected chi connectivity index (χ1v) is 14.6. The van der Waals surface area contributed by atoms with Crippen LogP contribution in [0.25, 0.3) is 0 Å². The van der Waals surface area contributed by atoms with Crippen LogP contribution in [0.4, 0.5) is 0 Å². The molecule has 5 unspecified atom stereocenters. The zero-order valence-electron chi connectivity index (χ0n) is 23.3. The Labute approximate surface area is 214 Å². The van der Waals surface area contributed by atoms with Crippen LogP contribution in [0, 0.1) is 52.3 Å². The summed E-state index contributed by atoms with van der Waals surface area (Å²) in [7, 11) is 1.70. The van der Waals surface area contributed by atoms with Crippen LogP contribution >= 0.6 is 0 Å². The van der Waals surface area contributed by atoms with Gasteiger partial charge in [0.1, 0.15) is 6.79 Å². The summed E-state index contributed by atoms with van der Waals surface area (Å²) in [4.78, 5) is 12.0. The summed E-state index contributed by atoms with van der Waals surface area (Å²) in [5, 5.41) is 12.0. The molecule has 5 nitrogen and oxygen atoms in total. The zero-order chi connectivity index (χ0) is 25.4. The van der Waals surface area contributed by atoms with E-state index in [0.29, 0.717) is 66.7 Å². The maximum absolute atomic E-state index is 12.0. The highest BCUT2D eigenvalue weighted by Crippen LogP contribution is 2.69. The van der Waals surface area contributed by atoms with E-state index >= 15 is 0 Å². The molecule has 0 saturated heterocycles. The number of carbonyl (C=O) groups is 1. The van der Waals surface area contributed by atoms with Gasteiger partial charge in [0.05, 0.1) is 18.8 Å². The highest BCUT2D eigenvalue weighted by Gasteiger charge is 2.64. The van der Waals surface area contributed by atoms with Crippen molar-refractivity contribution in [1.29, 1.82) is 0 Å². The Bertz CT molecular complexity index is 726. The average Bonchev–Trinajstić information content (AvgIpc) is 3.19. The van der Waals surface area contributed by atoms with Crippen molar-refractivity contribution in [3.05, 3.63) is 0 Å². The summed E-state index contributed by atoms with van der Waals surface area (Å²) in [6.45, 7) is 12.5. The predicted molar refractivity (Wildman–Crippen MR) is 138 cm³/mol. The van der Waals surface area contributed by atoms with E-state index in [-0.39, 0.29) is 23.6 Å². The Morgan fingerprint density at radius 1 is 1.03 bits per heavy atom. The van der Waals surface area contributed by atoms with Gasteiger partial charge in [-0.05, 0) is 111 Å². The normalized spacial score (nSPS) is 45.8. The van der Waals surface area contributed by atoms with E-state index in [1.807, 2.05) is 6.92 Å². The summed E-state index contributed by atoms with van der Waals surface area (Å²) in [6, 6.07) is 0. The Morgan fingerprint density at radius 3 is 2.43 bits per heavy atom. The fourth-order valence-electron chi connectivity index (χ4n) is 10.0. The number of aliphatic hydroxyl groups excluding tert-OH is 1. The molecule has 11 atom stereocenters. The Kier molecular flexibility index (Phi) is 8.60. The SMILES string of the molecule is CCOC(=O)CC[C@@H](C)C1CCC2C3C(CC[C@@]21C)[C@@]1(C)CC[C@@H](OCOC)CC1[C@@H](CC)[C@H]3O. The number of hydrogen-bond acceptors (Lipinski definition) is 5. The van der Waals surface area contributed by atoms with Gasteiger partial charge in [-0.3, -0.25) is 4.79 Å². The fraction of sp³-hybridized carbons (Fsp3) is 0.967. The van der Waals surface area contributed by atoms with Crippen LogP contribution in [0.3, 0.4) is 0 Å². The molecule has 4 rings (SSSR count). The van der Waals surface area contributed by atoms with Crippen LogP contribution in [0.15, 0.2) is 0 Å². The predicted octanol–water partition coefficient (Wildman–Crippen LogP) is 6.22. The number of aliphatic hydroxyl groups is 1. The van der Waals surface area contributed by atoms with E-state index in [1.54, 1.807) is 7.11 Å². The number of carbonyl (C=O) groups excluding carboxylic acids is 1. The van der Waals surface area contributed by atoms with Gasteiger partial charge in [0.25, 0.3) is 0 Å².